The summed E-state index contributed by atoms with van der Waals surface area (Å²) in [5.74, 6) is 0.966. The molecule has 22 heavy (non-hydrogen) atoms. The highest BCUT2D eigenvalue weighted by Gasteiger charge is 2.31. The zero-order valence-electron chi connectivity index (χ0n) is 14.1. The van der Waals surface area contributed by atoms with E-state index in [1.165, 1.54) is 32.1 Å². The molecule has 0 amide bonds. The van der Waals surface area contributed by atoms with E-state index in [1.807, 2.05) is 18.7 Å². The highest BCUT2D eigenvalue weighted by molar-refractivity contribution is 5.79. The van der Waals surface area contributed by atoms with Gasteiger partial charge in [-0.15, -0.1) is 0 Å². The fraction of sp³-hybridized carbons (Fsp3) is 0.765. The van der Waals surface area contributed by atoms with Crippen molar-refractivity contribution in [2.45, 2.75) is 58.9 Å². The molecule has 0 unspecified atom stereocenters. The van der Waals surface area contributed by atoms with E-state index < -0.39 is 0 Å². The lowest BCUT2D eigenvalue weighted by atomic mass is 9.84. The zero-order valence-corrected chi connectivity index (χ0v) is 14.1. The Labute approximate surface area is 134 Å². The monoisotopic (exact) mass is 305 g/mol. The maximum Gasteiger partial charge on any atom is 0.191 e. The van der Waals surface area contributed by atoms with Crippen LogP contribution in [0, 0.1) is 5.41 Å². The van der Waals surface area contributed by atoms with Crippen LogP contribution in [0.3, 0.4) is 0 Å². The summed E-state index contributed by atoms with van der Waals surface area (Å²) in [5, 5.41) is 6.81. The van der Waals surface area contributed by atoms with Crippen molar-refractivity contribution in [2.24, 2.45) is 10.4 Å². The Morgan fingerprint density at radius 1 is 1.27 bits per heavy atom. The van der Waals surface area contributed by atoms with Gasteiger partial charge in [-0.25, -0.2) is 4.98 Å². The van der Waals surface area contributed by atoms with Crippen LogP contribution in [-0.4, -0.2) is 35.1 Å². The summed E-state index contributed by atoms with van der Waals surface area (Å²) in [7, 11) is 0. The Morgan fingerprint density at radius 3 is 2.73 bits per heavy atom. The van der Waals surface area contributed by atoms with Gasteiger partial charge < -0.3 is 15.2 Å². The molecular formula is C17H31N5. The van der Waals surface area contributed by atoms with Crippen molar-refractivity contribution in [3.05, 3.63) is 18.7 Å². The molecule has 0 aromatic carbocycles. The van der Waals surface area contributed by atoms with Gasteiger partial charge in [0.2, 0.25) is 0 Å². The smallest absolute Gasteiger partial charge is 0.191 e. The van der Waals surface area contributed by atoms with Crippen molar-refractivity contribution in [3.8, 4) is 0 Å². The maximum absolute atomic E-state index is 4.85. The average molecular weight is 305 g/mol. The summed E-state index contributed by atoms with van der Waals surface area (Å²) in [4.78, 5) is 8.91. The summed E-state index contributed by atoms with van der Waals surface area (Å²) in [6, 6.07) is 0. The predicted octanol–water partition coefficient (Wildman–Crippen LogP) is 2.80. The highest BCUT2D eigenvalue weighted by atomic mass is 15.2. The molecule has 1 aromatic rings. The number of hydrogen-bond donors (Lipinski definition) is 2. The summed E-state index contributed by atoms with van der Waals surface area (Å²) in [6.07, 6.45) is 13.4. The predicted molar refractivity (Wildman–Crippen MR) is 92.0 cm³/mol. The number of hydrogen-bond acceptors (Lipinski definition) is 2. The van der Waals surface area contributed by atoms with Crippen LogP contribution in [0.2, 0.25) is 0 Å². The lowest BCUT2D eigenvalue weighted by Gasteiger charge is -2.25. The standard InChI is InChI=1S/C17H31N5/c1-3-17(8-5-6-9-17)14-21-16(19-4-2)20-10-7-12-22-13-11-18-15-22/h11,13,15H,3-10,12,14H2,1-2H3,(H2,19,20,21). The minimum atomic E-state index is 0.458. The number of guanidine groups is 1. The SMILES string of the molecule is CCNC(=NCC1(CC)CCCC1)NCCCn1ccnc1. The Morgan fingerprint density at radius 2 is 2.09 bits per heavy atom. The lowest BCUT2D eigenvalue weighted by Crippen LogP contribution is -2.39. The van der Waals surface area contributed by atoms with Gasteiger partial charge in [-0.2, -0.15) is 0 Å². The van der Waals surface area contributed by atoms with E-state index in [0.29, 0.717) is 5.41 Å². The number of aryl methyl sites for hydroxylation is 1. The second-order valence-corrected chi connectivity index (χ2v) is 6.34. The second kappa shape index (κ2) is 8.81. The summed E-state index contributed by atoms with van der Waals surface area (Å²) >= 11 is 0. The molecule has 0 bridgehead atoms. The number of nitrogens with one attached hydrogen (secondary N) is 2. The van der Waals surface area contributed by atoms with Gasteiger partial charge in [-0.1, -0.05) is 19.8 Å². The minimum absolute atomic E-state index is 0.458. The van der Waals surface area contributed by atoms with Crippen LogP contribution in [0.1, 0.15) is 52.4 Å². The van der Waals surface area contributed by atoms with Crippen LogP contribution in [0.5, 0.6) is 0 Å². The molecule has 124 valence electrons. The summed E-state index contributed by atoms with van der Waals surface area (Å²) in [5.41, 5.74) is 0.458. The zero-order chi connectivity index (χ0) is 15.7. The Bertz CT molecular complexity index is 432. The first-order valence-corrected chi connectivity index (χ1v) is 8.76. The summed E-state index contributed by atoms with van der Waals surface area (Å²) in [6.45, 7) is 8.22. The van der Waals surface area contributed by atoms with E-state index in [-0.39, 0.29) is 0 Å². The Kier molecular flexibility index (Phi) is 6.74. The van der Waals surface area contributed by atoms with Crippen LogP contribution in [0.15, 0.2) is 23.7 Å². The molecule has 0 saturated heterocycles. The van der Waals surface area contributed by atoms with Gasteiger partial charge in [-0.3, -0.25) is 4.99 Å². The Balaban J connectivity index is 1.76. The van der Waals surface area contributed by atoms with Gasteiger partial charge in [0.1, 0.15) is 0 Å². The minimum Gasteiger partial charge on any atom is -0.357 e. The number of nitrogens with zero attached hydrogens (tertiary/aromatic N) is 3. The quantitative estimate of drug-likeness (QED) is 0.441. The molecule has 0 aliphatic heterocycles. The number of rotatable bonds is 8. The van der Waals surface area contributed by atoms with Crippen molar-refractivity contribution in [3.63, 3.8) is 0 Å². The van der Waals surface area contributed by atoms with Gasteiger partial charge in [0, 0.05) is 38.6 Å². The molecule has 1 aromatic heterocycles. The van der Waals surface area contributed by atoms with Gasteiger partial charge in [-0.05, 0) is 38.0 Å². The molecule has 0 radical (unpaired) electrons. The largest absolute Gasteiger partial charge is 0.357 e. The van der Waals surface area contributed by atoms with Crippen LogP contribution in [-0.2, 0) is 6.54 Å². The second-order valence-electron chi connectivity index (χ2n) is 6.34. The van der Waals surface area contributed by atoms with E-state index in [2.05, 4.69) is 34.0 Å². The molecule has 2 N–H and O–H groups in total. The lowest BCUT2D eigenvalue weighted by molar-refractivity contribution is 0.297. The Hall–Kier alpha value is -1.52. The number of aliphatic imine (C=N–C) groups is 1. The molecule has 1 heterocycles. The molecule has 1 aliphatic rings. The third-order valence-corrected chi connectivity index (χ3v) is 4.78. The average Bonchev–Trinajstić information content (AvgIpc) is 3.21. The van der Waals surface area contributed by atoms with Crippen LogP contribution in [0.25, 0.3) is 0 Å². The van der Waals surface area contributed by atoms with Crippen molar-refractivity contribution in [1.82, 2.24) is 20.2 Å². The van der Waals surface area contributed by atoms with Gasteiger partial charge >= 0.3 is 0 Å². The van der Waals surface area contributed by atoms with Crippen molar-refractivity contribution in [1.29, 1.82) is 0 Å². The molecular weight excluding hydrogens is 274 g/mol. The first-order valence-electron chi connectivity index (χ1n) is 8.76. The normalized spacial score (nSPS) is 17.6. The van der Waals surface area contributed by atoms with Gasteiger partial charge in [0.15, 0.2) is 5.96 Å². The van der Waals surface area contributed by atoms with Crippen molar-refractivity contribution >= 4 is 5.96 Å². The van der Waals surface area contributed by atoms with E-state index in [1.54, 1.807) is 0 Å². The third kappa shape index (κ3) is 5.04. The summed E-state index contributed by atoms with van der Waals surface area (Å²) < 4.78 is 2.11. The molecule has 5 nitrogen and oxygen atoms in total. The molecule has 2 rings (SSSR count). The fourth-order valence-corrected chi connectivity index (χ4v) is 3.22. The van der Waals surface area contributed by atoms with E-state index >= 15 is 0 Å². The van der Waals surface area contributed by atoms with Crippen molar-refractivity contribution in [2.75, 3.05) is 19.6 Å². The van der Waals surface area contributed by atoms with E-state index in [9.17, 15) is 0 Å². The molecule has 1 saturated carbocycles. The van der Waals surface area contributed by atoms with E-state index in [4.69, 9.17) is 4.99 Å². The number of aromatic nitrogens is 2. The topological polar surface area (TPSA) is 54.2 Å². The first-order chi connectivity index (χ1) is 10.8. The fourth-order valence-electron chi connectivity index (χ4n) is 3.22. The third-order valence-electron chi connectivity index (χ3n) is 4.78. The molecule has 0 atom stereocenters. The molecule has 0 spiro atoms. The van der Waals surface area contributed by atoms with Crippen LogP contribution in [0.4, 0.5) is 0 Å². The van der Waals surface area contributed by atoms with E-state index in [0.717, 1.165) is 38.6 Å². The van der Waals surface area contributed by atoms with Crippen LogP contribution < -0.4 is 10.6 Å². The molecule has 1 fully saturated rings. The van der Waals surface area contributed by atoms with Gasteiger partial charge in [0.25, 0.3) is 0 Å². The van der Waals surface area contributed by atoms with Gasteiger partial charge in [0.05, 0.1) is 6.33 Å². The van der Waals surface area contributed by atoms with Crippen molar-refractivity contribution < 1.29 is 0 Å². The first kappa shape index (κ1) is 16.8. The van der Waals surface area contributed by atoms with Crippen LogP contribution >= 0.6 is 0 Å². The maximum atomic E-state index is 4.85. The molecule has 1 aliphatic carbocycles. The highest BCUT2D eigenvalue weighted by Crippen LogP contribution is 2.41. The number of imidazole rings is 1. The molecule has 5 heteroatoms.